The highest BCUT2D eigenvalue weighted by Gasteiger charge is 2.22. The number of aryl methyl sites for hydroxylation is 1. The van der Waals surface area contributed by atoms with E-state index in [9.17, 15) is 0 Å². The van der Waals surface area contributed by atoms with Gasteiger partial charge in [-0.05, 0) is 25.2 Å². The van der Waals surface area contributed by atoms with Crippen LogP contribution in [-0.2, 0) is 26.3 Å². The first kappa shape index (κ1) is 12.2. The lowest BCUT2D eigenvalue weighted by Gasteiger charge is -2.17. The van der Waals surface area contributed by atoms with Crippen LogP contribution in [0.4, 0.5) is 0 Å². The Morgan fingerprint density at radius 2 is 2.06 bits per heavy atom. The summed E-state index contributed by atoms with van der Waals surface area (Å²) in [5, 5.41) is 0. The van der Waals surface area contributed by atoms with Crippen molar-refractivity contribution in [1.82, 2.24) is 9.55 Å². The smallest absolute Gasteiger partial charge is 0.108 e. The van der Waals surface area contributed by atoms with Crippen LogP contribution in [0.3, 0.4) is 0 Å². The van der Waals surface area contributed by atoms with Crippen molar-refractivity contribution >= 4 is 0 Å². The van der Waals surface area contributed by atoms with Crippen LogP contribution in [0.1, 0.15) is 55.7 Å². The summed E-state index contributed by atoms with van der Waals surface area (Å²) in [7, 11) is 2.19. The molecule has 3 nitrogen and oxygen atoms in total. The van der Waals surface area contributed by atoms with Crippen molar-refractivity contribution in [2.45, 2.75) is 63.8 Å². The Bertz CT molecular complexity index is 416. The van der Waals surface area contributed by atoms with E-state index >= 15 is 0 Å². The molecule has 0 bridgehead atoms. The van der Waals surface area contributed by atoms with Gasteiger partial charge >= 0.3 is 0 Å². The average molecular weight is 247 g/mol. The van der Waals surface area contributed by atoms with Gasteiger partial charge in [0.2, 0.25) is 0 Å². The molecule has 3 heteroatoms. The lowest BCUT2D eigenvalue weighted by molar-refractivity contribution is 0.492. The summed E-state index contributed by atoms with van der Waals surface area (Å²) < 4.78 is 2.34. The molecule has 2 aliphatic carbocycles. The van der Waals surface area contributed by atoms with E-state index in [4.69, 9.17) is 10.7 Å². The van der Waals surface area contributed by atoms with Crippen LogP contribution in [0.5, 0.6) is 0 Å². The molecule has 1 unspecified atom stereocenters. The van der Waals surface area contributed by atoms with Gasteiger partial charge in [-0.25, -0.2) is 4.98 Å². The van der Waals surface area contributed by atoms with Crippen molar-refractivity contribution in [3.63, 3.8) is 0 Å². The Labute approximate surface area is 110 Å². The molecule has 1 atom stereocenters. The molecule has 1 heterocycles. The maximum Gasteiger partial charge on any atom is 0.108 e. The number of hydrogen-bond acceptors (Lipinski definition) is 2. The summed E-state index contributed by atoms with van der Waals surface area (Å²) in [5.41, 5.74) is 8.75. The first-order valence-electron chi connectivity index (χ1n) is 7.53. The zero-order valence-corrected chi connectivity index (χ0v) is 11.5. The second-order valence-corrected chi connectivity index (χ2v) is 6.17. The zero-order chi connectivity index (χ0) is 12.5. The van der Waals surface area contributed by atoms with Gasteiger partial charge in [0.05, 0.1) is 5.69 Å². The van der Waals surface area contributed by atoms with Gasteiger partial charge in [-0.3, -0.25) is 0 Å². The van der Waals surface area contributed by atoms with E-state index < -0.39 is 0 Å². The average Bonchev–Trinajstić information content (AvgIpc) is 2.95. The third kappa shape index (κ3) is 2.33. The van der Waals surface area contributed by atoms with Gasteiger partial charge in [0.25, 0.3) is 0 Å². The number of nitrogens with two attached hydrogens (primary N) is 1. The second kappa shape index (κ2) is 5.04. The van der Waals surface area contributed by atoms with Crippen LogP contribution in [0.2, 0.25) is 0 Å². The van der Waals surface area contributed by atoms with Gasteiger partial charge in [-0.15, -0.1) is 0 Å². The molecule has 3 rings (SSSR count). The quantitative estimate of drug-likeness (QED) is 0.891. The Balaban J connectivity index is 1.68. The molecule has 2 aliphatic rings. The summed E-state index contributed by atoms with van der Waals surface area (Å²) in [6.07, 6.45) is 11.5. The van der Waals surface area contributed by atoms with E-state index in [-0.39, 0.29) is 0 Å². The summed E-state index contributed by atoms with van der Waals surface area (Å²) in [4.78, 5) is 4.84. The predicted octanol–water partition coefficient (Wildman–Crippen LogP) is 2.36. The van der Waals surface area contributed by atoms with Gasteiger partial charge in [0.15, 0.2) is 0 Å². The summed E-state index contributed by atoms with van der Waals surface area (Å²) in [6.45, 7) is 0. The SMILES string of the molecule is Cn1c(CCC2CCCC2)nc2c1CCC(N)C2. The minimum atomic E-state index is 0.329. The van der Waals surface area contributed by atoms with Crippen molar-refractivity contribution in [2.24, 2.45) is 18.7 Å². The van der Waals surface area contributed by atoms with Crippen molar-refractivity contribution in [2.75, 3.05) is 0 Å². The fraction of sp³-hybridized carbons (Fsp3) is 0.800. The molecule has 18 heavy (non-hydrogen) atoms. The third-order valence-electron chi connectivity index (χ3n) is 4.85. The molecule has 2 N–H and O–H groups in total. The minimum Gasteiger partial charge on any atom is -0.335 e. The van der Waals surface area contributed by atoms with E-state index in [2.05, 4.69) is 11.6 Å². The molecule has 1 aromatic rings. The van der Waals surface area contributed by atoms with Gasteiger partial charge in [0.1, 0.15) is 5.82 Å². The fourth-order valence-corrected chi connectivity index (χ4v) is 3.65. The first-order valence-corrected chi connectivity index (χ1v) is 7.53. The predicted molar refractivity (Wildman–Crippen MR) is 73.5 cm³/mol. The standard InChI is InChI=1S/C15H25N3/c1-18-14-8-7-12(16)10-13(14)17-15(18)9-6-11-4-2-3-5-11/h11-12H,2-10,16H2,1H3. The molecule has 0 saturated heterocycles. The Morgan fingerprint density at radius 3 is 2.83 bits per heavy atom. The number of nitrogens with zero attached hydrogens (tertiary/aromatic N) is 2. The molecule has 0 radical (unpaired) electrons. The van der Waals surface area contributed by atoms with E-state index in [1.807, 2.05) is 0 Å². The van der Waals surface area contributed by atoms with Gasteiger partial charge in [0, 0.05) is 31.6 Å². The monoisotopic (exact) mass is 247 g/mol. The van der Waals surface area contributed by atoms with Crippen LogP contribution in [-0.4, -0.2) is 15.6 Å². The van der Waals surface area contributed by atoms with Crippen LogP contribution < -0.4 is 5.73 Å². The number of hydrogen-bond donors (Lipinski definition) is 1. The number of aromatic nitrogens is 2. The third-order valence-corrected chi connectivity index (χ3v) is 4.85. The van der Waals surface area contributed by atoms with Gasteiger partial charge in [-0.2, -0.15) is 0 Å². The molecule has 100 valence electrons. The molecular formula is C15H25N3. The Kier molecular flexibility index (Phi) is 3.42. The molecule has 1 fully saturated rings. The van der Waals surface area contributed by atoms with E-state index in [0.29, 0.717) is 6.04 Å². The number of fused-ring (bicyclic) bond motifs is 1. The topological polar surface area (TPSA) is 43.8 Å². The largest absolute Gasteiger partial charge is 0.335 e. The molecule has 1 saturated carbocycles. The molecule has 0 aromatic carbocycles. The molecule has 0 aliphatic heterocycles. The fourth-order valence-electron chi connectivity index (χ4n) is 3.65. The molecular weight excluding hydrogens is 222 g/mol. The highest BCUT2D eigenvalue weighted by Crippen LogP contribution is 2.29. The highest BCUT2D eigenvalue weighted by atomic mass is 15.1. The molecule has 1 aromatic heterocycles. The van der Waals surface area contributed by atoms with Crippen LogP contribution in [0, 0.1) is 5.92 Å². The lowest BCUT2D eigenvalue weighted by Crippen LogP contribution is -2.28. The Morgan fingerprint density at radius 1 is 1.28 bits per heavy atom. The van der Waals surface area contributed by atoms with Crippen molar-refractivity contribution in [3.8, 4) is 0 Å². The minimum absolute atomic E-state index is 0.329. The zero-order valence-electron chi connectivity index (χ0n) is 11.5. The maximum atomic E-state index is 6.03. The summed E-state index contributed by atoms with van der Waals surface area (Å²) in [5.74, 6) is 2.25. The van der Waals surface area contributed by atoms with Crippen LogP contribution in [0.25, 0.3) is 0 Å². The van der Waals surface area contributed by atoms with Crippen LogP contribution in [0.15, 0.2) is 0 Å². The van der Waals surface area contributed by atoms with E-state index in [1.165, 1.54) is 49.3 Å². The van der Waals surface area contributed by atoms with E-state index in [1.54, 1.807) is 0 Å². The van der Waals surface area contributed by atoms with Crippen molar-refractivity contribution in [1.29, 1.82) is 0 Å². The highest BCUT2D eigenvalue weighted by molar-refractivity contribution is 5.21. The first-order chi connectivity index (χ1) is 8.74. The summed E-state index contributed by atoms with van der Waals surface area (Å²) >= 11 is 0. The number of rotatable bonds is 3. The number of imidazole rings is 1. The Hall–Kier alpha value is -0.830. The normalized spacial score (nSPS) is 24.4. The van der Waals surface area contributed by atoms with E-state index in [0.717, 1.165) is 31.6 Å². The lowest BCUT2D eigenvalue weighted by atomic mass is 9.97. The molecule has 0 amide bonds. The van der Waals surface area contributed by atoms with Crippen molar-refractivity contribution in [3.05, 3.63) is 17.2 Å². The maximum absolute atomic E-state index is 6.03. The van der Waals surface area contributed by atoms with Gasteiger partial charge in [-0.1, -0.05) is 25.7 Å². The summed E-state index contributed by atoms with van der Waals surface area (Å²) in [6, 6.07) is 0.329. The van der Waals surface area contributed by atoms with Crippen LogP contribution >= 0.6 is 0 Å². The van der Waals surface area contributed by atoms with Gasteiger partial charge < -0.3 is 10.3 Å². The molecule has 0 spiro atoms. The second-order valence-electron chi connectivity index (χ2n) is 6.17. The van der Waals surface area contributed by atoms with Crippen molar-refractivity contribution < 1.29 is 0 Å².